The molecule has 1 heterocycles. The molecule has 8 heteroatoms. The minimum atomic E-state index is -0.484. The summed E-state index contributed by atoms with van der Waals surface area (Å²) in [6, 6.07) is 6.02. The molecular formula is C20H23NO7. The number of ether oxygens (including phenoxy) is 3. The Kier molecular flexibility index (Phi) is 8.36. The van der Waals surface area contributed by atoms with E-state index < -0.39 is 11.9 Å². The summed E-state index contributed by atoms with van der Waals surface area (Å²) in [7, 11) is 1.52. The van der Waals surface area contributed by atoms with Crippen molar-refractivity contribution in [2.24, 2.45) is 0 Å². The van der Waals surface area contributed by atoms with E-state index in [4.69, 9.17) is 14.2 Å². The van der Waals surface area contributed by atoms with Crippen LogP contribution >= 0.6 is 0 Å². The second-order valence-corrected chi connectivity index (χ2v) is 6.06. The fraction of sp³-hybridized carbons (Fsp3) is 0.400. The number of benzene rings is 1. The summed E-state index contributed by atoms with van der Waals surface area (Å²) in [5.74, 6) is -1.54. The summed E-state index contributed by atoms with van der Waals surface area (Å²) < 4.78 is 15.0. The van der Waals surface area contributed by atoms with Gasteiger partial charge in [0.25, 0.3) is 11.8 Å². The zero-order chi connectivity index (χ0) is 20.4. The fourth-order valence-electron chi connectivity index (χ4n) is 2.49. The first-order valence-corrected chi connectivity index (χ1v) is 8.99. The minimum absolute atomic E-state index is 0.162. The third-order valence-corrected chi connectivity index (χ3v) is 4.04. The summed E-state index contributed by atoms with van der Waals surface area (Å²) in [6.07, 6.45) is 4.51. The first-order chi connectivity index (χ1) is 13.5. The van der Waals surface area contributed by atoms with E-state index in [2.05, 4.69) is 0 Å². The maximum atomic E-state index is 12.0. The van der Waals surface area contributed by atoms with Crippen LogP contribution in [-0.4, -0.2) is 62.1 Å². The lowest BCUT2D eigenvalue weighted by Crippen LogP contribution is -2.30. The molecule has 1 aromatic carbocycles. The maximum Gasteiger partial charge on any atom is 0.338 e. The van der Waals surface area contributed by atoms with E-state index in [1.54, 1.807) is 0 Å². The van der Waals surface area contributed by atoms with E-state index in [0.29, 0.717) is 37.1 Å². The quantitative estimate of drug-likeness (QED) is 0.323. The highest BCUT2D eigenvalue weighted by Crippen LogP contribution is 2.09. The van der Waals surface area contributed by atoms with E-state index in [0.717, 1.165) is 6.42 Å². The van der Waals surface area contributed by atoms with Crippen molar-refractivity contribution in [3.05, 3.63) is 47.5 Å². The summed E-state index contributed by atoms with van der Waals surface area (Å²) >= 11 is 0. The zero-order valence-corrected chi connectivity index (χ0v) is 15.7. The van der Waals surface area contributed by atoms with E-state index in [1.807, 2.05) is 0 Å². The SMILES string of the molecule is COCCOC(=O)c1ccc(C(=O)OCCCCCN2C(=O)C=CC2=O)cc1. The molecule has 2 rings (SSSR count). The van der Waals surface area contributed by atoms with Gasteiger partial charge in [0.05, 0.1) is 24.3 Å². The van der Waals surface area contributed by atoms with Crippen LogP contribution in [0, 0.1) is 0 Å². The van der Waals surface area contributed by atoms with Crippen LogP contribution in [0.15, 0.2) is 36.4 Å². The number of hydrogen-bond donors (Lipinski definition) is 0. The van der Waals surface area contributed by atoms with Crippen LogP contribution < -0.4 is 0 Å². The number of rotatable bonds is 11. The third-order valence-electron chi connectivity index (χ3n) is 4.04. The predicted molar refractivity (Wildman–Crippen MR) is 98.6 cm³/mol. The monoisotopic (exact) mass is 389 g/mol. The molecule has 0 atom stereocenters. The molecule has 0 saturated heterocycles. The van der Waals surface area contributed by atoms with Gasteiger partial charge in [0.1, 0.15) is 6.61 Å². The van der Waals surface area contributed by atoms with Crippen molar-refractivity contribution in [2.45, 2.75) is 19.3 Å². The van der Waals surface area contributed by atoms with E-state index in [9.17, 15) is 19.2 Å². The summed E-state index contributed by atoms with van der Waals surface area (Å²) in [5, 5.41) is 0. The first kappa shape index (κ1) is 21.3. The number of esters is 2. The lowest BCUT2D eigenvalue weighted by molar-refractivity contribution is -0.136. The number of carbonyl (C=O) groups is 4. The van der Waals surface area contributed by atoms with Crippen LogP contribution in [-0.2, 0) is 23.8 Å². The summed E-state index contributed by atoms with van der Waals surface area (Å²) in [6.45, 7) is 1.08. The van der Waals surface area contributed by atoms with Gasteiger partial charge in [-0.3, -0.25) is 14.5 Å². The molecular weight excluding hydrogens is 366 g/mol. The molecule has 0 spiro atoms. The molecule has 0 N–H and O–H groups in total. The molecule has 0 radical (unpaired) electrons. The van der Waals surface area contributed by atoms with Gasteiger partial charge in [0.15, 0.2) is 0 Å². The van der Waals surface area contributed by atoms with Crippen molar-refractivity contribution in [1.29, 1.82) is 0 Å². The molecule has 8 nitrogen and oxygen atoms in total. The Balaban J connectivity index is 1.64. The van der Waals surface area contributed by atoms with Gasteiger partial charge in [-0.25, -0.2) is 9.59 Å². The number of nitrogens with zero attached hydrogens (tertiary/aromatic N) is 1. The van der Waals surface area contributed by atoms with E-state index in [-0.39, 0.29) is 25.0 Å². The Labute approximate surface area is 163 Å². The van der Waals surface area contributed by atoms with Crippen LogP contribution in [0.5, 0.6) is 0 Å². The third kappa shape index (κ3) is 6.31. The molecule has 0 aliphatic carbocycles. The second-order valence-electron chi connectivity index (χ2n) is 6.06. The van der Waals surface area contributed by atoms with Crippen LogP contribution in [0.1, 0.15) is 40.0 Å². The highest BCUT2D eigenvalue weighted by atomic mass is 16.6. The van der Waals surface area contributed by atoms with Crippen molar-refractivity contribution in [3.8, 4) is 0 Å². The Hall–Kier alpha value is -3.00. The molecule has 150 valence electrons. The van der Waals surface area contributed by atoms with E-state index in [1.165, 1.54) is 48.4 Å². The molecule has 1 aliphatic heterocycles. The van der Waals surface area contributed by atoms with Gasteiger partial charge >= 0.3 is 11.9 Å². The Morgan fingerprint density at radius 1 is 0.786 bits per heavy atom. The first-order valence-electron chi connectivity index (χ1n) is 8.99. The maximum absolute atomic E-state index is 12.0. The number of methoxy groups -OCH3 is 1. The summed E-state index contributed by atoms with van der Waals surface area (Å²) in [4.78, 5) is 47.8. The molecule has 28 heavy (non-hydrogen) atoms. The Morgan fingerprint density at radius 2 is 1.32 bits per heavy atom. The highest BCUT2D eigenvalue weighted by Gasteiger charge is 2.22. The lowest BCUT2D eigenvalue weighted by Gasteiger charge is -2.13. The Morgan fingerprint density at radius 3 is 1.86 bits per heavy atom. The minimum Gasteiger partial charge on any atom is -0.462 e. The number of unbranched alkanes of at least 4 members (excludes halogenated alkanes) is 2. The van der Waals surface area contributed by atoms with Crippen molar-refractivity contribution in [2.75, 3.05) is 33.5 Å². The number of hydrogen-bond acceptors (Lipinski definition) is 7. The zero-order valence-electron chi connectivity index (χ0n) is 15.7. The number of amides is 2. The van der Waals surface area contributed by atoms with Crippen molar-refractivity contribution < 1.29 is 33.4 Å². The van der Waals surface area contributed by atoms with Crippen LogP contribution in [0.3, 0.4) is 0 Å². The van der Waals surface area contributed by atoms with Gasteiger partial charge in [-0.15, -0.1) is 0 Å². The van der Waals surface area contributed by atoms with Gasteiger partial charge < -0.3 is 14.2 Å². The van der Waals surface area contributed by atoms with Crippen LogP contribution in [0.25, 0.3) is 0 Å². The Bertz CT molecular complexity index is 721. The molecule has 0 fully saturated rings. The largest absolute Gasteiger partial charge is 0.462 e. The standard InChI is InChI=1S/C20H23NO7/c1-26-13-14-28-20(25)16-7-5-15(6-8-16)19(24)27-12-4-2-3-11-21-17(22)9-10-18(21)23/h5-10H,2-4,11-14H2,1H3. The molecule has 0 saturated carbocycles. The molecule has 0 unspecified atom stereocenters. The van der Waals surface area contributed by atoms with Crippen LogP contribution in [0.2, 0.25) is 0 Å². The smallest absolute Gasteiger partial charge is 0.338 e. The van der Waals surface area contributed by atoms with Gasteiger partial charge in [0.2, 0.25) is 0 Å². The van der Waals surface area contributed by atoms with Crippen molar-refractivity contribution >= 4 is 23.8 Å². The fourth-order valence-corrected chi connectivity index (χ4v) is 2.49. The highest BCUT2D eigenvalue weighted by molar-refractivity contribution is 6.12. The van der Waals surface area contributed by atoms with Crippen molar-refractivity contribution in [3.63, 3.8) is 0 Å². The molecule has 0 aromatic heterocycles. The van der Waals surface area contributed by atoms with Crippen LogP contribution in [0.4, 0.5) is 0 Å². The number of carbonyl (C=O) groups excluding carboxylic acids is 4. The molecule has 1 aliphatic rings. The second kappa shape index (κ2) is 11.0. The van der Waals surface area contributed by atoms with Gasteiger partial charge in [-0.1, -0.05) is 0 Å². The van der Waals surface area contributed by atoms with Crippen molar-refractivity contribution in [1.82, 2.24) is 4.90 Å². The molecule has 1 aromatic rings. The molecule has 0 bridgehead atoms. The predicted octanol–water partition coefficient (Wildman–Crippen LogP) is 1.74. The van der Waals surface area contributed by atoms with Gasteiger partial charge in [-0.2, -0.15) is 0 Å². The van der Waals surface area contributed by atoms with E-state index >= 15 is 0 Å². The normalized spacial score (nSPS) is 13.1. The van der Waals surface area contributed by atoms with Gasteiger partial charge in [-0.05, 0) is 43.5 Å². The molecule has 2 amide bonds. The average molecular weight is 389 g/mol. The lowest BCUT2D eigenvalue weighted by atomic mass is 10.1. The average Bonchev–Trinajstić information content (AvgIpc) is 3.02. The topological polar surface area (TPSA) is 99.2 Å². The summed E-state index contributed by atoms with van der Waals surface area (Å²) in [5.41, 5.74) is 0.681. The number of imide groups is 1. The van der Waals surface area contributed by atoms with Gasteiger partial charge in [0, 0.05) is 25.8 Å².